The first-order valence-electron chi connectivity index (χ1n) is 7.26. The van der Waals surface area contributed by atoms with Crippen LogP contribution in [0, 0.1) is 0 Å². The lowest BCUT2D eigenvalue weighted by Gasteiger charge is -2.30. The van der Waals surface area contributed by atoms with Crippen molar-refractivity contribution >= 4 is 23.4 Å². The van der Waals surface area contributed by atoms with Gasteiger partial charge in [-0.25, -0.2) is 4.79 Å². The molecule has 2 amide bonds. The summed E-state index contributed by atoms with van der Waals surface area (Å²) in [7, 11) is 1.54. The highest BCUT2D eigenvalue weighted by Gasteiger charge is 2.40. The molecule has 22 heavy (non-hydrogen) atoms. The maximum absolute atomic E-state index is 12.2. The molecule has 3 aliphatic heterocycles. The van der Waals surface area contributed by atoms with E-state index in [0.717, 1.165) is 5.69 Å². The number of carbonyl (C=O) groups excluding carboxylic acids is 2. The Hall–Kier alpha value is -2.28. The van der Waals surface area contributed by atoms with E-state index in [9.17, 15) is 9.59 Å². The predicted octanol–water partition coefficient (Wildman–Crippen LogP) is 1.16. The monoisotopic (exact) mass is 304 g/mol. The van der Waals surface area contributed by atoms with Gasteiger partial charge in [0.2, 0.25) is 0 Å². The van der Waals surface area contributed by atoms with Crippen LogP contribution in [0.5, 0.6) is 5.75 Å². The van der Waals surface area contributed by atoms with Gasteiger partial charge in [-0.05, 0) is 12.1 Å². The smallest absolute Gasteiger partial charge is 0.414 e. The van der Waals surface area contributed by atoms with Gasteiger partial charge in [-0.15, -0.1) is 0 Å². The third-order valence-electron chi connectivity index (χ3n) is 4.35. The SMILES string of the molecule is COC1CCN(c2ccc3c(c2)OCC2COC(=O)N32)C1=O. The normalized spacial score (nSPS) is 26.6. The minimum absolute atomic E-state index is 0.0447. The third-order valence-corrected chi connectivity index (χ3v) is 4.35. The summed E-state index contributed by atoms with van der Waals surface area (Å²) < 4.78 is 16.0. The highest BCUT2D eigenvalue weighted by atomic mass is 16.6. The quantitative estimate of drug-likeness (QED) is 0.820. The number of anilines is 2. The lowest BCUT2D eigenvalue weighted by Crippen LogP contribution is -2.41. The molecule has 7 nitrogen and oxygen atoms in total. The molecule has 2 saturated heterocycles. The fraction of sp³-hybridized carbons (Fsp3) is 0.467. The number of methoxy groups -OCH3 is 1. The van der Waals surface area contributed by atoms with Crippen molar-refractivity contribution in [2.24, 2.45) is 0 Å². The van der Waals surface area contributed by atoms with Crippen molar-refractivity contribution in [3.63, 3.8) is 0 Å². The lowest BCUT2D eigenvalue weighted by molar-refractivity contribution is -0.125. The summed E-state index contributed by atoms with van der Waals surface area (Å²) in [6.45, 7) is 1.36. The first-order valence-corrected chi connectivity index (χ1v) is 7.26. The molecule has 4 rings (SSSR count). The van der Waals surface area contributed by atoms with E-state index in [1.807, 2.05) is 6.07 Å². The Morgan fingerprint density at radius 2 is 2.05 bits per heavy atom. The van der Waals surface area contributed by atoms with Crippen LogP contribution in [-0.2, 0) is 14.3 Å². The fourth-order valence-corrected chi connectivity index (χ4v) is 3.18. The van der Waals surface area contributed by atoms with E-state index in [4.69, 9.17) is 14.2 Å². The zero-order valence-electron chi connectivity index (χ0n) is 12.2. The molecule has 1 aromatic carbocycles. The maximum Gasteiger partial charge on any atom is 0.414 e. The number of nitrogens with zero attached hydrogens (tertiary/aromatic N) is 2. The van der Waals surface area contributed by atoms with Gasteiger partial charge in [0.25, 0.3) is 5.91 Å². The van der Waals surface area contributed by atoms with Crippen LogP contribution in [0.4, 0.5) is 16.2 Å². The molecule has 2 atom stereocenters. The van der Waals surface area contributed by atoms with E-state index in [0.29, 0.717) is 37.6 Å². The van der Waals surface area contributed by atoms with Gasteiger partial charge in [0.15, 0.2) is 0 Å². The Kier molecular flexibility index (Phi) is 2.97. The van der Waals surface area contributed by atoms with Crippen molar-refractivity contribution in [2.75, 3.05) is 36.7 Å². The summed E-state index contributed by atoms with van der Waals surface area (Å²) in [5, 5.41) is 0. The highest BCUT2D eigenvalue weighted by Crippen LogP contribution is 2.39. The molecule has 0 radical (unpaired) electrons. The average Bonchev–Trinajstić information content (AvgIpc) is 3.10. The molecule has 0 bridgehead atoms. The Morgan fingerprint density at radius 1 is 1.23 bits per heavy atom. The van der Waals surface area contributed by atoms with Crippen molar-refractivity contribution in [1.29, 1.82) is 0 Å². The number of fused-ring (bicyclic) bond motifs is 3. The molecule has 116 valence electrons. The number of amides is 2. The molecule has 0 spiro atoms. The minimum atomic E-state index is -0.380. The van der Waals surface area contributed by atoms with Crippen LogP contribution in [0.25, 0.3) is 0 Å². The van der Waals surface area contributed by atoms with Gasteiger partial charge < -0.3 is 19.1 Å². The summed E-state index contributed by atoms with van der Waals surface area (Å²) in [6.07, 6.45) is -0.0535. The van der Waals surface area contributed by atoms with E-state index >= 15 is 0 Å². The number of rotatable bonds is 2. The number of ether oxygens (including phenoxy) is 3. The topological polar surface area (TPSA) is 68.3 Å². The van der Waals surface area contributed by atoms with Crippen LogP contribution in [0.1, 0.15) is 6.42 Å². The molecule has 2 unspecified atom stereocenters. The summed E-state index contributed by atoms with van der Waals surface area (Å²) >= 11 is 0. The second-order valence-corrected chi connectivity index (χ2v) is 5.57. The van der Waals surface area contributed by atoms with E-state index < -0.39 is 0 Å². The van der Waals surface area contributed by atoms with E-state index in [2.05, 4.69) is 0 Å². The number of hydrogen-bond acceptors (Lipinski definition) is 5. The molecule has 0 saturated carbocycles. The Balaban J connectivity index is 1.66. The van der Waals surface area contributed by atoms with Crippen LogP contribution >= 0.6 is 0 Å². The second kappa shape index (κ2) is 4.88. The van der Waals surface area contributed by atoms with Gasteiger partial charge >= 0.3 is 6.09 Å². The van der Waals surface area contributed by atoms with Crippen LogP contribution in [0.15, 0.2) is 18.2 Å². The Morgan fingerprint density at radius 3 is 2.82 bits per heavy atom. The van der Waals surface area contributed by atoms with Crippen molar-refractivity contribution in [1.82, 2.24) is 0 Å². The summed E-state index contributed by atoms with van der Waals surface area (Å²) in [6, 6.07) is 5.35. The summed E-state index contributed by atoms with van der Waals surface area (Å²) in [4.78, 5) is 27.3. The molecule has 0 aliphatic carbocycles. The number of cyclic esters (lactones) is 1. The highest BCUT2D eigenvalue weighted by molar-refractivity contribution is 6.00. The second-order valence-electron chi connectivity index (χ2n) is 5.57. The largest absolute Gasteiger partial charge is 0.489 e. The summed E-state index contributed by atoms with van der Waals surface area (Å²) in [5.74, 6) is 0.554. The molecule has 3 heterocycles. The standard InChI is InChI=1S/C15H16N2O5/c1-20-12-4-5-16(14(12)18)9-2-3-11-13(6-9)21-7-10-8-22-15(19)17(10)11/h2-3,6,10,12H,4-5,7-8H2,1H3. The van der Waals surface area contributed by atoms with Crippen molar-refractivity contribution in [2.45, 2.75) is 18.6 Å². The van der Waals surface area contributed by atoms with Crippen LogP contribution < -0.4 is 14.5 Å². The van der Waals surface area contributed by atoms with Gasteiger partial charge in [-0.2, -0.15) is 0 Å². The van der Waals surface area contributed by atoms with E-state index in [1.54, 1.807) is 29.0 Å². The summed E-state index contributed by atoms with van der Waals surface area (Å²) in [5.41, 5.74) is 1.45. The van der Waals surface area contributed by atoms with Crippen LogP contribution in [-0.4, -0.2) is 51.0 Å². The number of carbonyl (C=O) groups is 2. The first-order chi connectivity index (χ1) is 10.7. The van der Waals surface area contributed by atoms with Crippen molar-refractivity contribution < 1.29 is 23.8 Å². The molecule has 3 aliphatic rings. The maximum atomic E-state index is 12.2. The number of hydrogen-bond donors (Lipinski definition) is 0. The Labute approximate surface area is 127 Å². The van der Waals surface area contributed by atoms with Gasteiger partial charge in [0, 0.05) is 31.8 Å². The van der Waals surface area contributed by atoms with Crippen LogP contribution in [0.3, 0.4) is 0 Å². The Bertz CT molecular complexity index is 647. The van der Waals surface area contributed by atoms with Crippen molar-refractivity contribution in [3.8, 4) is 5.75 Å². The molecule has 0 aromatic heterocycles. The molecular weight excluding hydrogens is 288 g/mol. The molecule has 1 aromatic rings. The zero-order chi connectivity index (χ0) is 15.3. The average molecular weight is 304 g/mol. The third kappa shape index (κ3) is 1.85. The van der Waals surface area contributed by atoms with Gasteiger partial charge in [-0.3, -0.25) is 9.69 Å². The minimum Gasteiger partial charge on any atom is -0.489 e. The fourth-order valence-electron chi connectivity index (χ4n) is 3.18. The van der Waals surface area contributed by atoms with E-state index in [1.165, 1.54) is 0 Å². The molecule has 0 N–H and O–H groups in total. The molecule has 7 heteroatoms. The van der Waals surface area contributed by atoms with Gasteiger partial charge in [0.1, 0.15) is 31.1 Å². The molecular formula is C15H16N2O5. The zero-order valence-corrected chi connectivity index (χ0v) is 12.2. The van der Waals surface area contributed by atoms with Gasteiger partial charge in [0.05, 0.1) is 5.69 Å². The van der Waals surface area contributed by atoms with Crippen LogP contribution in [0.2, 0.25) is 0 Å². The lowest BCUT2D eigenvalue weighted by atomic mass is 10.1. The predicted molar refractivity (Wildman–Crippen MR) is 77.3 cm³/mol. The van der Waals surface area contributed by atoms with Crippen molar-refractivity contribution in [3.05, 3.63) is 18.2 Å². The first kappa shape index (κ1) is 13.4. The molecule has 2 fully saturated rings. The number of benzene rings is 1. The van der Waals surface area contributed by atoms with Gasteiger partial charge in [-0.1, -0.05) is 0 Å². The van der Waals surface area contributed by atoms with E-state index in [-0.39, 0.29) is 24.1 Å².